The Labute approximate surface area is 121 Å². The number of nitrogens with zero attached hydrogens (tertiary/aromatic N) is 2. The number of aryl methyl sites for hydroxylation is 2. The summed E-state index contributed by atoms with van der Waals surface area (Å²) in [7, 11) is 0. The molecule has 3 heteroatoms. The van der Waals surface area contributed by atoms with Crippen molar-refractivity contribution in [1.29, 1.82) is 5.26 Å². The van der Waals surface area contributed by atoms with Crippen molar-refractivity contribution < 1.29 is 4.79 Å². The molecule has 3 nitrogen and oxygen atoms in total. The molecule has 0 radical (unpaired) electrons. The van der Waals surface area contributed by atoms with Gasteiger partial charge in [-0.1, -0.05) is 23.8 Å². The number of likely N-dealkylation sites (tertiary alicyclic amines) is 1. The molecule has 0 aliphatic carbocycles. The van der Waals surface area contributed by atoms with E-state index in [1.54, 1.807) is 0 Å². The highest BCUT2D eigenvalue weighted by atomic mass is 16.2. The largest absolute Gasteiger partial charge is 0.341 e. The van der Waals surface area contributed by atoms with Gasteiger partial charge in [-0.3, -0.25) is 4.79 Å². The quantitative estimate of drug-likeness (QED) is 0.829. The van der Waals surface area contributed by atoms with E-state index in [-0.39, 0.29) is 11.3 Å². The van der Waals surface area contributed by atoms with Crippen LogP contribution in [0.5, 0.6) is 0 Å². The highest BCUT2D eigenvalue weighted by Gasteiger charge is 2.33. The Bertz CT molecular complexity index is 559. The predicted octanol–water partition coefficient (Wildman–Crippen LogP) is 3.00. The molecular formula is C17H22N2O. The standard InChI is InChI=1S/C17H22N2O/c1-13-5-6-14(2)15(9-13)10-16(20)19-8-4-7-17(3,11-18)12-19/h5-6,9H,4,7-8,10,12H2,1-3H3/t17-/m0/s1. The van der Waals surface area contributed by atoms with Crippen LogP contribution in [-0.4, -0.2) is 23.9 Å². The Morgan fingerprint density at radius 3 is 2.90 bits per heavy atom. The third kappa shape index (κ3) is 3.19. The van der Waals surface area contributed by atoms with Crippen LogP contribution in [-0.2, 0) is 11.2 Å². The van der Waals surface area contributed by atoms with E-state index in [9.17, 15) is 10.1 Å². The number of rotatable bonds is 2. The van der Waals surface area contributed by atoms with Gasteiger partial charge in [-0.15, -0.1) is 0 Å². The van der Waals surface area contributed by atoms with Crippen LogP contribution in [0.3, 0.4) is 0 Å². The number of hydrogen-bond donors (Lipinski definition) is 0. The van der Waals surface area contributed by atoms with Gasteiger partial charge in [0, 0.05) is 13.1 Å². The van der Waals surface area contributed by atoms with E-state index in [0.29, 0.717) is 13.0 Å². The Hall–Kier alpha value is -1.82. The van der Waals surface area contributed by atoms with Crippen molar-refractivity contribution in [2.24, 2.45) is 5.41 Å². The van der Waals surface area contributed by atoms with Gasteiger partial charge in [-0.25, -0.2) is 0 Å². The summed E-state index contributed by atoms with van der Waals surface area (Å²) < 4.78 is 0. The molecule has 1 aromatic rings. The maximum absolute atomic E-state index is 12.5. The van der Waals surface area contributed by atoms with E-state index in [2.05, 4.69) is 24.3 Å². The minimum Gasteiger partial charge on any atom is -0.341 e. The zero-order chi connectivity index (χ0) is 14.8. The normalized spacial score (nSPS) is 22.4. The highest BCUT2D eigenvalue weighted by Crippen LogP contribution is 2.28. The van der Waals surface area contributed by atoms with Crippen LogP contribution in [0, 0.1) is 30.6 Å². The van der Waals surface area contributed by atoms with Gasteiger partial charge >= 0.3 is 0 Å². The third-order valence-corrected chi connectivity index (χ3v) is 4.17. The summed E-state index contributed by atoms with van der Waals surface area (Å²) in [5.74, 6) is 0.139. The molecule has 1 heterocycles. The van der Waals surface area contributed by atoms with Gasteiger partial charge in [-0.05, 0) is 44.7 Å². The van der Waals surface area contributed by atoms with Gasteiger partial charge in [0.25, 0.3) is 0 Å². The molecule has 1 aliphatic heterocycles. The third-order valence-electron chi connectivity index (χ3n) is 4.17. The van der Waals surface area contributed by atoms with Crippen LogP contribution in [0.15, 0.2) is 18.2 Å². The summed E-state index contributed by atoms with van der Waals surface area (Å²) in [6, 6.07) is 8.57. The summed E-state index contributed by atoms with van der Waals surface area (Å²) in [6.45, 7) is 7.37. The molecule has 0 aromatic heterocycles. The van der Waals surface area contributed by atoms with Crippen molar-refractivity contribution in [2.75, 3.05) is 13.1 Å². The highest BCUT2D eigenvalue weighted by molar-refractivity contribution is 5.79. The second kappa shape index (κ2) is 5.66. The van der Waals surface area contributed by atoms with Gasteiger partial charge in [0.2, 0.25) is 5.91 Å². The molecule has 0 spiro atoms. The fourth-order valence-electron chi connectivity index (χ4n) is 2.81. The number of carbonyl (C=O) groups is 1. The second-order valence-electron chi connectivity index (χ2n) is 6.20. The van der Waals surface area contributed by atoms with Crippen molar-refractivity contribution in [1.82, 2.24) is 4.90 Å². The van der Waals surface area contributed by atoms with Crippen LogP contribution in [0.25, 0.3) is 0 Å². The van der Waals surface area contributed by atoms with E-state index in [1.165, 1.54) is 5.56 Å². The van der Waals surface area contributed by atoms with Crippen LogP contribution in [0.4, 0.5) is 0 Å². The molecular weight excluding hydrogens is 248 g/mol. The van der Waals surface area contributed by atoms with Gasteiger partial charge in [0.15, 0.2) is 0 Å². The Kier molecular flexibility index (Phi) is 4.13. The molecule has 1 aliphatic rings. The molecule has 1 saturated heterocycles. The smallest absolute Gasteiger partial charge is 0.227 e. The fourth-order valence-corrected chi connectivity index (χ4v) is 2.81. The minimum absolute atomic E-state index is 0.139. The van der Waals surface area contributed by atoms with E-state index >= 15 is 0 Å². The molecule has 2 rings (SSSR count). The lowest BCUT2D eigenvalue weighted by Gasteiger charge is -2.36. The lowest BCUT2D eigenvalue weighted by Crippen LogP contribution is -2.44. The van der Waals surface area contributed by atoms with Gasteiger partial charge in [-0.2, -0.15) is 5.26 Å². The van der Waals surface area contributed by atoms with Crippen molar-refractivity contribution in [3.8, 4) is 6.07 Å². The molecule has 20 heavy (non-hydrogen) atoms. The number of amides is 1. The molecule has 1 amide bonds. The molecule has 0 saturated carbocycles. The topological polar surface area (TPSA) is 44.1 Å². The molecule has 1 atom stereocenters. The number of benzene rings is 1. The monoisotopic (exact) mass is 270 g/mol. The van der Waals surface area contributed by atoms with E-state index in [4.69, 9.17) is 0 Å². The zero-order valence-corrected chi connectivity index (χ0v) is 12.6. The maximum atomic E-state index is 12.5. The molecule has 1 fully saturated rings. The fraction of sp³-hybridized carbons (Fsp3) is 0.529. The Morgan fingerprint density at radius 1 is 1.45 bits per heavy atom. The van der Waals surface area contributed by atoms with Gasteiger partial charge in [0.05, 0.1) is 17.9 Å². The van der Waals surface area contributed by atoms with Crippen molar-refractivity contribution in [3.63, 3.8) is 0 Å². The average molecular weight is 270 g/mol. The second-order valence-corrected chi connectivity index (χ2v) is 6.20. The summed E-state index contributed by atoms with van der Waals surface area (Å²) in [5, 5.41) is 9.23. The Balaban J connectivity index is 2.09. The summed E-state index contributed by atoms with van der Waals surface area (Å²) in [5.41, 5.74) is 3.05. The summed E-state index contributed by atoms with van der Waals surface area (Å²) >= 11 is 0. The number of nitriles is 1. The first-order valence-electron chi connectivity index (χ1n) is 7.19. The first-order chi connectivity index (χ1) is 9.43. The lowest BCUT2D eigenvalue weighted by molar-refractivity contribution is -0.132. The van der Waals surface area contributed by atoms with Crippen LogP contribution in [0.2, 0.25) is 0 Å². The molecule has 0 unspecified atom stereocenters. The number of piperidine rings is 1. The van der Waals surface area contributed by atoms with Crippen LogP contribution >= 0.6 is 0 Å². The number of hydrogen-bond acceptors (Lipinski definition) is 2. The van der Waals surface area contributed by atoms with Gasteiger partial charge < -0.3 is 4.90 Å². The number of carbonyl (C=O) groups excluding carboxylic acids is 1. The van der Waals surface area contributed by atoms with Crippen molar-refractivity contribution in [3.05, 3.63) is 34.9 Å². The summed E-state index contributed by atoms with van der Waals surface area (Å²) in [4.78, 5) is 14.3. The molecule has 0 N–H and O–H groups in total. The molecule has 0 bridgehead atoms. The van der Waals surface area contributed by atoms with Crippen molar-refractivity contribution in [2.45, 2.75) is 40.0 Å². The van der Waals surface area contributed by atoms with Crippen LogP contribution in [0.1, 0.15) is 36.5 Å². The SMILES string of the molecule is Cc1ccc(C)c(CC(=O)N2CCC[C@@](C)(C#N)C2)c1. The molecule has 1 aromatic carbocycles. The van der Waals surface area contributed by atoms with Crippen LogP contribution < -0.4 is 0 Å². The Morgan fingerprint density at radius 2 is 2.20 bits per heavy atom. The summed E-state index contributed by atoms with van der Waals surface area (Å²) in [6.07, 6.45) is 2.24. The first kappa shape index (κ1) is 14.6. The average Bonchev–Trinajstić information content (AvgIpc) is 2.43. The van der Waals surface area contributed by atoms with Gasteiger partial charge in [0.1, 0.15) is 0 Å². The minimum atomic E-state index is -0.379. The molecule has 106 valence electrons. The first-order valence-corrected chi connectivity index (χ1v) is 7.19. The van der Waals surface area contributed by atoms with E-state index in [0.717, 1.165) is 30.5 Å². The van der Waals surface area contributed by atoms with Crippen molar-refractivity contribution >= 4 is 5.91 Å². The zero-order valence-electron chi connectivity index (χ0n) is 12.6. The lowest BCUT2D eigenvalue weighted by atomic mass is 9.83. The maximum Gasteiger partial charge on any atom is 0.227 e. The predicted molar refractivity (Wildman–Crippen MR) is 79.2 cm³/mol. The van der Waals surface area contributed by atoms with E-state index in [1.807, 2.05) is 25.7 Å². The van der Waals surface area contributed by atoms with E-state index < -0.39 is 0 Å².